The summed E-state index contributed by atoms with van der Waals surface area (Å²) in [7, 11) is 2.26. The molecule has 2 heteroatoms. The maximum absolute atomic E-state index is 11.1. The summed E-state index contributed by atoms with van der Waals surface area (Å²) in [5.41, 5.74) is 0.278. The molecule has 0 aromatic rings. The summed E-state index contributed by atoms with van der Waals surface area (Å²) in [5, 5.41) is 0. The van der Waals surface area contributed by atoms with E-state index in [-0.39, 0.29) is 5.54 Å². The maximum atomic E-state index is 11.1. The Bertz CT molecular complexity index is 181. The van der Waals surface area contributed by atoms with Crippen molar-refractivity contribution in [2.75, 3.05) is 20.1 Å². The minimum absolute atomic E-state index is 0.278. The fourth-order valence-corrected chi connectivity index (χ4v) is 1.65. The molecule has 1 fully saturated rings. The number of rotatable bonds is 0. The number of quaternary nitrogens is 1. The molecule has 0 aromatic carbocycles. The predicted octanol–water partition coefficient (Wildman–Crippen LogP) is 1.59. The van der Waals surface area contributed by atoms with Gasteiger partial charge in [-0.15, -0.1) is 0 Å². The third-order valence-electron chi connectivity index (χ3n) is 3.39. The highest BCUT2D eigenvalue weighted by atomic mass is 16.1. The van der Waals surface area contributed by atoms with Crippen LogP contribution in [0.15, 0.2) is 0 Å². The molecular formula is C10H20NO+. The first-order chi connectivity index (χ1) is 5.35. The smallest absolute Gasteiger partial charge is 0.144 e. The summed E-state index contributed by atoms with van der Waals surface area (Å²) in [4.78, 5) is 11.1. The first kappa shape index (κ1) is 9.72. The van der Waals surface area contributed by atoms with E-state index in [4.69, 9.17) is 0 Å². The minimum Gasteiger partial charge on any atom is -0.321 e. The number of carbonyl (C=O) groups excluding carboxylic acids is 1. The van der Waals surface area contributed by atoms with Crippen LogP contribution >= 0.6 is 0 Å². The lowest BCUT2D eigenvalue weighted by Gasteiger charge is -2.47. The zero-order valence-electron chi connectivity index (χ0n) is 8.68. The third kappa shape index (κ3) is 1.69. The van der Waals surface area contributed by atoms with Gasteiger partial charge in [-0.1, -0.05) is 0 Å². The highest BCUT2D eigenvalue weighted by Crippen LogP contribution is 2.26. The van der Waals surface area contributed by atoms with Gasteiger partial charge in [-0.2, -0.15) is 0 Å². The van der Waals surface area contributed by atoms with Gasteiger partial charge in [-0.25, -0.2) is 0 Å². The highest BCUT2D eigenvalue weighted by molar-refractivity contribution is 5.79. The Kier molecular flexibility index (Phi) is 2.30. The minimum atomic E-state index is 0.278. The molecule has 1 rings (SSSR count). The molecule has 0 aliphatic carbocycles. The second kappa shape index (κ2) is 2.84. The summed E-state index contributed by atoms with van der Waals surface area (Å²) >= 11 is 0. The van der Waals surface area contributed by atoms with Gasteiger partial charge in [0, 0.05) is 0 Å². The normalized spacial score (nSPS) is 24.2. The Balaban J connectivity index is 2.68. The molecule has 0 aromatic heterocycles. The van der Waals surface area contributed by atoms with E-state index in [1.807, 2.05) is 0 Å². The lowest BCUT2D eigenvalue weighted by molar-refractivity contribution is -0.954. The fourth-order valence-electron chi connectivity index (χ4n) is 1.65. The van der Waals surface area contributed by atoms with E-state index in [1.54, 1.807) is 0 Å². The zero-order valence-corrected chi connectivity index (χ0v) is 8.68. The van der Waals surface area contributed by atoms with Crippen LogP contribution in [0.5, 0.6) is 0 Å². The van der Waals surface area contributed by atoms with Crippen molar-refractivity contribution in [2.24, 2.45) is 0 Å². The third-order valence-corrected chi connectivity index (χ3v) is 3.39. The Morgan fingerprint density at radius 3 is 1.92 bits per heavy atom. The summed E-state index contributed by atoms with van der Waals surface area (Å²) < 4.78 is 1.04. The van der Waals surface area contributed by atoms with Crippen LogP contribution in [0.2, 0.25) is 0 Å². The average Bonchev–Trinajstić information content (AvgIpc) is 1.93. The van der Waals surface area contributed by atoms with E-state index in [9.17, 15) is 4.79 Å². The van der Waals surface area contributed by atoms with Gasteiger partial charge in [0.15, 0.2) is 0 Å². The van der Waals surface area contributed by atoms with E-state index < -0.39 is 0 Å². The lowest BCUT2D eigenvalue weighted by atomic mass is 9.96. The van der Waals surface area contributed by atoms with Crippen molar-refractivity contribution in [1.82, 2.24) is 0 Å². The van der Waals surface area contributed by atoms with Gasteiger partial charge in [-0.3, -0.25) is 4.79 Å². The standard InChI is InChI=1S/C10H20NO/c1-10(2,3)11(4)7-5-9(12)6-8-11/h5-8H2,1-4H3/q+1. The number of hydrogen-bond acceptors (Lipinski definition) is 1. The summed E-state index contributed by atoms with van der Waals surface area (Å²) in [5.74, 6) is 0.440. The van der Waals surface area contributed by atoms with Gasteiger partial charge in [0.05, 0.1) is 38.5 Å². The van der Waals surface area contributed by atoms with Gasteiger partial charge >= 0.3 is 0 Å². The van der Waals surface area contributed by atoms with Crippen LogP contribution in [-0.4, -0.2) is 35.9 Å². The summed E-state index contributed by atoms with van der Waals surface area (Å²) in [6.45, 7) is 8.79. The molecule has 0 unspecified atom stereocenters. The molecule has 1 aliphatic rings. The van der Waals surface area contributed by atoms with Crippen LogP contribution < -0.4 is 0 Å². The number of Topliss-reactive ketones (excluding diaryl/α,β-unsaturated/α-hetero) is 1. The second-order valence-electron chi connectivity index (χ2n) is 5.05. The molecule has 70 valence electrons. The molecule has 0 spiro atoms. The predicted molar refractivity (Wildman–Crippen MR) is 49.9 cm³/mol. The highest BCUT2D eigenvalue weighted by Gasteiger charge is 2.38. The van der Waals surface area contributed by atoms with E-state index >= 15 is 0 Å². The monoisotopic (exact) mass is 170 g/mol. The molecule has 0 N–H and O–H groups in total. The zero-order chi connectivity index (χ0) is 9.41. The summed E-state index contributed by atoms with van der Waals surface area (Å²) in [6, 6.07) is 0. The van der Waals surface area contributed by atoms with Crippen LogP contribution in [0.4, 0.5) is 0 Å². The topological polar surface area (TPSA) is 17.1 Å². The van der Waals surface area contributed by atoms with Crippen LogP contribution in [0.1, 0.15) is 33.6 Å². The van der Waals surface area contributed by atoms with Crippen molar-refractivity contribution in [3.8, 4) is 0 Å². The Morgan fingerprint density at radius 1 is 1.17 bits per heavy atom. The molecule has 0 atom stereocenters. The fraction of sp³-hybridized carbons (Fsp3) is 0.900. The van der Waals surface area contributed by atoms with Gasteiger partial charge in [-0.05, 0) is 20.8 Å². The second-order valence-corrected chi connectivity index (χ2v) is 5.05. The van der Waals surface area contributed by atoms with Crippen molar-refractivity contribution in [2.45, 2.75) is 39.2 Å². The molecule has 0 amide bonds. The number of piperidine rings is 1. The summed E-state index contributed by atoms with van der Waals surface area (Å²) in [6.07, 6.45) is 1.54. The number of hydrogen-bond donors (Lipinski definition) is 0. The quantitative estimate of drug-likeness (QED) is 0.505. The van der Waals surface area contributed by atoms with Crippen LogP contribution in [0.3, 0.4) is 0 Å². The van der Waals surface area contributed by atoms with E-state index in [2.05, 4.69) is 27.8 Å². The number of ketones is 1. The first-order valence-electron chi connectivity index (χ1n) is 4.71. The van der Waals surface area contributed by atoms with Gasteiger partial charge in [0.25, 0.3) is 0 Å². The molecule has 2 nitrogen and oxygen atoms in total. The molecular weight excluding hydrogens is 150 g/mol. The van der Waals surface area contributed by atoms with E-state index in [0.29, 0.717) is 5.78 Å². The van der Waals surface area contributed by atoms with Crippen molar-refractivity contribution in [1.29, 1.82) is 0 Å². The first-order valence-corrected chi connectivity index (χ1v) is 4.71. The largest absolute Gasteiger partial charge is 0.321 e. The Hall–Kier alpha value is -0.370. The lowest BCUT2D eigenvalue weighted by Crippen LogP contribution is -2.60. The molecule has 1 heterocycles. The number of nitrogens with zero attached hydrogens (tertiary/aromatic N) is 1. The SMILES string of the molecule is CC(C)(C)[N+]1(C)CCC(=O)CC1. The van der Waals surface area contributed by atoms with E-state index in [1.165, 1.54) is 0 Å². The van der Waals surface area contributed by atoms with Crippen molar-refractivity contribution < 1.29 is 9.28 Å². The van der Waals surface area contributed by atoms with Gasteiger partial charge in [0.2, 0.25) is 0 Å². The molecule has 0 radical (unpaired) electrons. The molecule has 12 heavy (non-hydrogen) atoms. The van der Waals surface area contributed by atoms with Crippen molar-refractivity contribution in [3.63, 3.8) is 0 Å². The number of likely N-dealkylation sites (tertiary alicyclic amines) is 1. The van der Waals surface area contributed by atoms with Gasteiger partial charge in [0.1, 0.15) is 5.78 Å². The number of carbonyl (C=O) groups is 1. The molecule has 0 saturated carbocycles. The van der Waals surface area contributed by atoms with Gasteiger partial charge < -0.3 is 4.48 Å². The van der Waals surface area contributed by atoms with E-state index in [0.717, 1.165) is 30.4 Å². The van der Waals surface area contributed by atoms with Crippen molar-refractivity contribution in [3.05, 3.63) is 0 Å². The van der Waals surface area contributed by atoms with Crippen molar-refractivity contribution >= 4 is 5.78 Å². The maximum Gasteiger partial charge on any atom is 0.144 e. The molecule has 1 aliphatic heterocycles. The Labute approximate surface area is 75.1 Å². The average molecular weight is 170 g/mol. The van der Waals surface area contributed by atoms with Crippen LogP contribution in [0, 0.1) is 0 Å². The molecule has 0 bridgehead atoms. The Morgan fingerprint density at radius 2 is 1.58 bits per heavy atom. The van der Waals surface area contributed by atoms with Crippen LogP contribution in [-0.2, 0) is 4.79 Å². The van der Waals surface area contributed by atoms with Crippen LogP contribution in [0.25, 0.3) is 0 Å². The molecule has 1 saturated heterocycles.